The summed E-state index contributed by atoms with van der Waals surface area (Å²) in [6.07, 6.45) is 4.19. The highest BCUT2D eigenvalue weighted by molar-refractivity contribution is 5.39. The monoisotopic (exact) mass is 274 g/mol. The molecule has 0 aromatic carbocycles. The van der Waals surface area contributed by atoms with Gasteiger partial charge in [0, 0.05) is 45.5 Å². The molecule has 110 valence electrons. The third kappa shape index (κ3) is 4.62. The SMILES string of the molecule is CC(C)=CCNCc1ccc(N2CCN(C)CC2)nc1. The van der Waals surface area contributed by atoms with Gasteiger partial charge in [0.1, 0.15) is 5.82 Å². The summed E-state index contributed by atoms with van der Waals surface area (Å²) in [7, 11) is 2.17. The molecule has 2 heterocycles. The Morgan fingerprint density at radius 2 is 2.00 bits per heavy atom. The Kier molecular flexibility index (Phi) is 5.56. The molecule has 1 saturated heterocycles. The van der Waals surface area contributed by atoms with Crippen LogP contribution in [0.25, 0.3) is 0 Å². The quantitative estimate of drug-likeness (QED) is 0.656. The maximum absolute atomic E-state index is 4.59. The van der Waals surface area contributed by atoms with Crippen molar-refractivity contribution in [3.8, 4) is 0 Å². The van der Waals surface area contributed by atoms with E-state index in [1.54, 1.807) is 0 Å². The smallest absolute Gasteiger partial charge is 0.128 e. The fraction of sp³-hybridized carbons (Fsp3) is 0.562. The van der Waals surface area contributed by atoms with E-state index in [1.807, 2.05) is 6.20 Å². The molecular formula is C16H26N4. The minimum Gasteiger partial charge on any atom is -0.354 e. The van der Waals surface area contributed by atoms with Gasteiger partial charge in [-0.3, -0.25) is 0 Å². The molecule has 1 fully saturated rings. The largest absolute Gasteiger partial charge is 0.354 e. The number of piperazine rings is 1. The number of likely N-dealkylation sites (N-methyl/N-ethyl adjacent to an activating group) is 1. The van der Waals surface area contributed by atoms with E-state index in [9.17, 15) is 0 Å². The maximum atomic E-state index is 4.59. The Bertz CT molecular complexity index is 426. The second-order valence-electron chi connectivity index (χ2n) is 5.73. The van der Waals surface area contributed by atoms with Crippen LogP contribution < -0.4 is 10.2 Å². The lowest BCUT2D eigenvalue weighted by Gasteiger charge is -2.33. The van der Waals surface area contributed by atoms with E-state index in [-0.39, 0.29) is 0 Å². The first-order chi connectivity index (χ1) is 9.65. The first kappa shape index (κ1) is 15.0. The van der Waals surface area contributed by atoms with E-state index in [2.05, 4.69) is 59.2 Å². The van der Waals surface area contributed by atoms with Crippen LogP contribution in [0.1, 0.15) is 19.4 Å². The van der Waals surface area contributed by atoms with Gasteiger partial charge in [-0.05, 0) is 32.5 Å². The molecule has 4 nitrogen and oxygen atoms in total. The molecule has 0 spiro atoms. The Balaban J connectivity index is 1.82. The van der Waals surface area contributed by atoms with Crippen molar-refractivity contribution in [1.29, 1.82) is 0 Å². The Hall–Kier alpha value is -1.39. The van der Waals surface area contributed by atoms with Gasteiger partial charge >= 0.3 is 0 Å². The predicted octanol–water partition coefficient (Wildman–Crippen LogP) is 1.89. The Labute approximate surface area is 122 Å². The van der Waals surface area contributed by atoms with Crippen molar-refractivity contribution in [2.24, 2.45) is 0 Å². The number of allylic oxidation sites excluding steroid dienone is 1. The van der Waals surface area contributed by atoms with Crippen molar-refractivity contribution in [2.75, 3.05) is 44.7 Å². The normalized spacial score (nSPS) is 16.2. The minimum absolute atomic E-state index is 0.875. The van der Waals surface area contributed by atoms with E-state index in [1.165, 1.54) is 11.1 Å². The molecule has 2 rings (SSSR count). The van der Waals surface area contributed by atoms with Crippen LogP contribution in [0.5, 0.6) is 0 Å². The zero-order chi connectivity index (χ0) is 14.4. The van der Waals surface area contributed by atoms with Crippen molar-refractivity contribution in [1.82, 2.24) is 15.2 Å². The van der Waals surface area contributed by atoms with Crippen molar-refractivity contribution < 1.29 is 0 Å². The van der Waals surface area contributed by atoms with Gasteiger partial charge in [0.05, 0.1) is 0 Å². The van der Waals surface area contributed by atoms with Crippen LogP contribution in [-0.2, 0) is 6.54 Å². The molecule has 0 bridgehead atoms. The van der Waals surface area contributed by atoms with Crippen LogP contribution >= 0.6 is 0 Å². The van der Waals surface area contributed by atoms with Crippen molar-refractivity contribution in [3.63, 3.8) is 0 Å². The Morgan fingerprint density at radius 1 is 1.25 bits per heavy atom. The zero-order valence-electron chi connectivity index (χ0n) is 12.9. The van der Waals surface area contributed by atoms with Gasteiger partial charge in [-0.2, -0.15) is 0 Å². The lowest BCUT2D eigenvalue weighted by molar-refractivity contribution is 0.312. The highest BCUT2D eigenvalue weighted by Gasteiger charge is 2.14. The summed E-state index contributed by atoms with van der Waals surface area (Å²) in [5, 5.41) is 3.40. The van der Waals surface area contributed by atoms with E-state index in [4.69, 9.17) is 0 Å². The average Bonchev–Trinajstić information content (AvgIpc) is 2.45. The minimum atomic E-state index is 0.875. The van der Waals surface area contributed by atoms with Gasteiger partial charge in [0.2, 0.25) is 0 Å². The van der Waals surface area contributed by atoms with E-state index in [0.29, 0.717) is 0 Å². The number of rotatable bonds is 5. The van der Waals surface area contributed by atoms with E-state index in [0.717, 1.165) is 45.1 Å². The van der Waals surface area contributed by atoms with Crippen LogP contribution in [0.3, 0.4) is 0 Å². The molecule has 4 heteroatoms. The lowest BCUT2D eigenvalue weighted by atomic mass is 10.2. The van der Waals surface area contributed by atoms with Gasteiger partial charge in [0.25, 0.3) is 0 Å². The fourth-order valence-corrected chi connectivity index (χ4v) is 2.24. The summed E-state index contributed by atoms with van der Waals surface area (Å²) in [4.78, 5) is 9.31. The first-order valence-corrected chi connectivity index (χ1v) is 7.37. The molecule has 0 amide bonds. The number of anilines is 1. The molecule has 0 unspecified atom stereocenters. The van der Waals surface area contributed by atoms with Gasteiger partial charge in [-0.1, -0.05) is 17.7 Å². The fourth-order valence-electron chi connectivity index (χ4n) is 2.24. The van der Waals surface area contributed by atoms with Crippen LogP contribution in [-0.4, -0.2) is 49.7 Å². The van der Waals surface area contributed by atoms with Crippen LogP contribution in [0.15, 0.2) is 30.0 Å². The summed E-state index contributed by atoms with van der Waals surface area (Å²) in [5.41, 5.74) is 2.59. The number of hydrogen-bond acceptors (Lipinski definition) is 4. The van der Waals surface area contributed by atoms with Crippen LogP contribution in [0.4, 0.5) is 5.82 Å². The summed E-state index contributed by atoms with van der Waals surface area (Å²) < 4.78 is 0. The topological polar surface area (TPSA) is 31.4 Å². The summed E-state index contributed by atoms with van der Waals surface area (Å²) in [6, 6.07) is 4.32. The maximum Gasteiger partial charge on any atom is 0.128 e. The number of nitrogens with one attached hydrogen (secondary N) is 1. The van der Waals surface area contributed by atoms with Crippen molar-refractivity contribution in [3.05, 3.63) is 35.5 Å². The molecule has 1 aromatic heterocycles. The molecule has 20 heavy (non-hydrogen) atoms. The average molecular weight is 274 g/mol. The highest BCUT2D eigenvalue weighted by Crippen LogP contribution is 2.13. The molecule has 0 radical (unpaired) electrons. The predicted molar refractivity (Wildman–Crippen MR) is 85.1 cm³/mol. The van der Waals surface area contributed by atoms with Gasteiger partial charge < -0.3 is 15.1 Å². The summed E-state index contributed by atoms with van der Waals surface area (Å²) in [5.74, 6) is 1.10. The van der Waals surface area contributed by atoms with Crippen molar-refractivity contribution in [2.45, 2.75) is 20.4 Å². The third-order valence-electron chi connectivity index (χ3n) is 3.62. The van der Waals surface area contributed by atoms with E-state index < -0.39 is 0 Å². The standard InChI is InChI=1S/C16H26N4/c1-14(2)6-7-17-12-15-4-5-16(18-13-15)20-10-8-19(3)9-11-20/h4-6,13,17H,7-12H2,1-3H3. The zero-order valence-corrected chi connectivity index (χ0v) is 12.9. The molecule has 1 aliphatic heterocycles. The Morgan fingerprint density at radius 3 is 2.60 bits per heavy atom. The molecule has 0 aliphatic carbocycles. The van der Waals surface area contributed by atoms with Crippen LogP contribution in [0, 0.1) is 0 Å². The van der Waals surface area contributed by atoms with Crippen LogP contribution in [0.2, 0.25) is 0 Å². The molecular weight excluding hydrogens is 248 g/mol. The molecule has 0 saturated carbocycles. The lowest BCUT2D eigenvalue weighted by Crippen LogP contribution is -2.44. The number of aromatic nitrogens is 1. The first-order valence-electron chi connectivity index (χ1n) is 7.37. The second-order valence-corrected chi connectivity index (χ2v) is 5.73. The molecule has 0 atom stereocenters. The van der Waals surface area contributed by atoms with E-state index >= 15 is 0 Å². The van der Waals surface area contributed by atoms with Gasteiger partial charge in [-0.15, -0.1) is 0 Å². The van der Waals surface area contributed by atoms with Gasteiger partial charge in [-0.25, -0.2) is 4.98 Å². The number of hydrogen-bond donors (Lipinski definition) is 1. The second kappa shape index (κ2) is 7.41. The molecule has 1 aliphatic rings. The number of pyridine rings is 1. The molecule has 1 N–H and O–H groups in total. The summed E-state index contributed by atoms with van der Waals surface area (Å²) in [6.45, 7) is 10.4. The summed E-state index contributed by atoms with van der Waals surface area (Å²) >= 11 is 0. The third-order valence-corrected chi connectivity index (χ3v) is 3.62. The van der Waals surface area contributed by atoms with Gasteiger partial charge in [0.15, 0.2) is 0 Å². The van der Waals surface area contributed by atoms with Crippen molar-refractivity contribution >= 4 is 5.82 Å². The highest BCUT2D eigenvalue weighted by atomic mass is 15.3. The number of nitrogens with zero attached hydrogens (tertiary/aromatic N) is 3. The molecule has 1 aromatic rings.